The van der Waals surface area contributed by atoms with Gasteiger partial charge in [-0.15, -0.1) is 0 Å². The fraction of sp³-hybridized carbons (Fsp3) is 0.562. The number of carbonyl (C=O) groups is 1. The van der Waals surface area contributed by atoms with Gasteiger partial charge in [0.1, 0.15) is 5.75 Å². The lowest BCUT2D eigenvalue weighted by atomic mass is 10.0. The first-order valence-corrected chi connectivity index (χ1v) is 7.43. The largest absolute Gasteiger partial charge is 0.496 e. The van der Waals surface area contributed by atoms with E-state index in [1.54, 1.807) is 7.11 Å². The normalized spacial score (nSPS) is 16.5. The topological polar surface area (TPSA) is 44.8 Å². The molecule has 1 N–H and O–H groups in total. The van der Waals surface area contributed by atoms with Gasteiger partial charge in [0.2, 0.25) is 0 Å². The molecular formula is C16H25N3O2. The van der Waals surface area contributed by atoms with Crippen molar-refractivity contribution in [2.45, 2.75) is 25.4 Å². The number of hydrogen-bond acceptors (Lipinski definition) is 3. The molecule has 1 fully saturated rings. The Morgan fingerprint density at radius 1 is 1.38 bits per heavy atom. The van der Waals surface area contributed by atoms with Crippen molar-refractivity contribution in [1.29, 1.82) is 0 Å². The lowest BCUT2D eigenvalue weighted by molar-refractivity contribution is 0.147. The van der Waals surface area contributed by atoms with Crippen molar-refractivity contribution >= 4 is 6.03 Å². The molecule has 0 atom stereocenters. The molecule has 1 aliphatic rings. The smallest absolute Gasteiger partial charge is 0.317 e. The highest BCUT2D eigenvalue weighted by molar-refractivity contribution is 5.74. The Morgan fingerprint density at radius 2 is 2.05 bits per heavy atom. The van der Waals surface area contributed by atoms with E-state index in [0.29, 0.717) is 12.6 Å². The number of benzene rings is 1. The minimum atomic E-state index is -0.0181. The second kappa shape index (κ2) is 7.31. The maximum absolute atomic E-state index is 12.3. The van der Waals surface area contributed by atoms with Crippen LogP contribution in [0, 0.1) is 0 Å². The van der Waals surface area contributed by atoms with E-state index in [4.69, 9.17) is 4.74 Å². The van der Waals surface area contributed by atoms with Gasteiger partial charge in [0, 0.05) is 25.2 Å². The van der Waals surface area contributed by atoms with E-state index < -0.39 is 0 Å². The third-order valence-corrected chi connectivity index (χ3v) is 4.18. The first-order chi connectivity index (χ1) is 10.1. The molecule has 0 saturated carbocycles. The van der Waals surface area contributed by atoms with Crippen LogP contribution in [0.1, 0.15) is 18.4 Å². The van der Waals surface area contributed by atoms with Crippen molar-refractivity contribution in [3.05, 3.63) is 29.8 Å². The van der Waals surface area contributed by atoms with Gasteiger partial charge in [-0.3, -0.25) is 0 Å². The van der Waals surface area contributed by atoms with Crippen LogP contribution in [0.4, 0.5) is 4.79 Å². The highest BCUT2D eigenvalue weighted by atomic mass is 16.5. The number of urea groups is 1. The standard InChI is InChI=1S/C16H25N3O2/c1-18-10-8-14(9-11-18)19(2)16(20)17-12-13-6-4-5-7-15(13)21-3/h4-7,14H,8-12H2,1-3H3,(H,17,20). The molecule has 0 spiro atoms. The van der Waals surface area contributed by atoms with Gasteiger partial charge in [-0.2, -0.15) is 0 Å². The molecule has 0 aromatic heterocycles. The first-order valence-electron chi connectivity index (χ1n) is 7.43. The van der Waals surface area contributed by atoms with Crippen LogP contribution >= 0.6 is 0 Å². The highest BCUT2D eigenvalue weighted by Gasteiger charge is 2.23. The molecule has 1 heterocycles. The quantitative estimate of drug-likeness (QED) is 0.922. The summed E-state index contributed by atoms with van der Waals surface area (Å²) < 4.78 is 5.30. The lowest BCUT2D eigenvalue weighted by Crippen LogP contribution is -2.48. The molecule has 1 saturated heterocycles. The van der Waals surface area contributed by atoms with E-state index in [9.17, 15) is 4.79 Å². The third kappa shape index (κ3) is 4.11. The molecule has 2 rings (SSSR count). The van der Waals surface area contributed by atoms with Crippen molar-refractivity contribution in [3.8, 4) is 5.75 Å². The van der Waals surface area contributed by atoms with Gasteiger partial charge in [-0.25, -0.2) is 4.79 Å². The summed E-state index contributed by atoms with van der Waals surface area (Å²) in [5.41, 5.74) is 0.991. The Morgan fingerprint density at radius 3 is 2.71 bits per heavy atom. The summed E-state index contributed by atoms with van der Waals surface area (Å²) in [7, 11) is 5.65. The summed E-state index contributed by atoms with van der Waals surface area (Å²) in [4.78, 5) is 16.4. The summed E-state index contributed by atoms with van der Waals surface area (Å²) in [6, 6.07) is 8.06. The van der Waals surface area contributed by atoms with Crippen LogP contribution in [-0.4, -0.2) is 56.2 Å². The number of para-hydroxylation sites is 1. The minimum Gasteiger partial charge on any atom is -0.496 e. The summed E-state index contributed by atoms with van der Waals surface area (Å²) in [5, 5.41) is 2.98. The summed E-state index contributed by atoms with van der Waals surface area (Å²) in [6.07, 6.45) is 2.07. The van der Waals surface area contributed by atoms with Crippen LogP contribution in [0.25, 0.3) is 0 Å². The lowest BCUT2D eigenvalue weighted by Gasteiger charge is -2.35. The number of likely N-dealkylation sites (tertiary alicyclic amines) is 1. The van der Waals surface area contributed by atoms with Gasteiger partial charge in [0.05, 0.1) is 7.11 Å². The van der Waals surface area contributed by atoms with E-state index in [0.717, 1.165) is 37.2 Å². The van der Waals surface area contributed by atoms with E-state index >= 15 is 0 Å². The zero-order valence-electron chi connectivity index (χ0n) is 13.1. The van der Waals surface area contributed by atoms with E-state index in [-0.39, 0.29) is 6.03 Å². The molecule has 116 valence electrons. The van der Waals surface area contributed by atoms with Crippen molar-refractivity contribution in [2.24, 2.45) is 0 Å². The first kappa shape index (κ1) is 15.6. The number of ether oxygens (including phenoxy) is 1. The number of nitrogens with zero attached hydrogens (tertiary/aromatic N) is 2. The van der Waals surface area contributed by atoms with Crippen molar-refractivity contribution < 1.29 is 9.53 Å². The maximum Gasteiger partial charge on any atom is 0.317 e. The average Bonchev–Trinajstić information content (AvgIpc) is 2.52. The van der Waals surface area contributed by atoms with E-state index in [1.807, 2.05) is 36.2 Å². The van der Waals surface area contributed by atoms with E-state index in [2.05, 4.69) is 17.3 Å². The molecular weight excluding hydrogens is 266 g/mol. The Hall–Kier alpha value is -1.75. The predicted octanol–water partition coefficient (Wildman–Crippen LogP) is 1.93. The van der Waals surface area contributed by atoms with Gasteiger partial charge in [0.25, 0.3) is 0 Å². The van der Waals surface area contributed by atoms with Gasteiger partial charge in [-0.05, 0) is 39.0 Å². The minimum absolute atomic E-state index is 0.0181. The highest BCUT2D eigenvalue weighted by Crippen LogP contribution is 2.17. The zero-order chi connectivity index (χ0) is 15.2. The van der Waals surface area contributed by atoms with Crippen molar-refractivity contribution in [2.75, 3.05) is 34.3 Å². The molecule has 1 aromatic rings. The molecule has 0 unspecified atom stereocenters. The van der Waals surface area contributed by atoms with Crippen LogP contribution in [-0.2, 0) is 6.54 Å². The molecule has 0 radical (unpaired) electrons. The Bertz CT molecular complexity index is 470. The van der Waals surface area contributed by atoms with Gasteiger partial charge in [0.15, 0.2) is 0 Å². The summed E-state index contributed by atoms with van der Waals surface area (Å²) in [6.45, 7) is 2.59. The number of carbonyl (C=O) groups excluding carboxylic acids is 1. The summed E-state index contributed by atoms with van der Waals surface area (Å²) >= 11 is 0. The number of methoxy groups -OCH3 is 1. The maximum atomic E-state index is 12.3. The van der Waals surface area contributed by atoms with Crippen molar-refractivity contribution in [3.63, 3.8) is 0 Å². The van der Waals surface area contributed by atoms with Crippen LogP contribution in [0.3, 0.4) is 0 Å². The van der Waals surface area contributed by atoms with Gasteiger partial charge < -0.3 is 19.9 Å². The molecule has 5 nitrogen and oxygen atoms in total. The second-order valence-corrected chi connectivity index (χ2v) is 5.62. The number of nitrogens with one attached hydrogen (secondary N) is 1. The zero-order valence-corrected chi connectivity index (χ0v) is 13.1. The van der Waals surface area contributed by atoms with E-state index in [1.165, 1.54) is 0 Å². The fourth-order valence-corrected chi connectivity index (χ4v) is 2.69. The van der Waals surface area contributed by atoms with Crippen LogP contribution in [0.15, 0.2) is 24.3 Å². The SMILES string of the molecule is COc1ccccc1CNC(=O)N(C)C1CCN(C)CC1. The molecule has 0 bridgehead atoms. The van der Waals surface area contributed by atoms with Gasteiger partial charge >= 0.3 is 6.03 Å². The Balaban J connectivity index is 1.86. The summed E-state index contributed by atoms with van der Waals surface area (Å²) in [5.74, 6) is 0.805. The molecule has 21 heavy (non-hydrogen) atoms. The van der Waals surface area contributed by atoms with Crippen LogP contribution in [0.5, 0.6) is 5.75 Å². The Labute approximate surface area is 126 Å². The molecule has 1 aromatic carbocycles. The number of hydrogen-bond donors (Lipinski definition) is 1. The number of rotatable bonds is 4. The molecule has 1 aliphatic heterocycles. The molecule has 2 amide bonds. The average molecular weight is 291 g/mol. The Kier molecular flexibility index (Phi) is 5.44. The predicted molar refractivity (Wildman–Crippen MR) is 83.5 cm³/mol. The second-order valence-electron chi connectivity index (χ2n) is 5.62. The molecule has 5 heteroatoms. The number of piperidine rings is 1. The van der Waals surface area contributed by atoms with Crippen molar-refractivity contribution in [1.82, 2.24) is 15.1 Å². The molecule has 0 aliphatic carbocycles. The monoisotopic (exact) mass is 291 g/mol. The van der Waals surface area contributed by atoms with Crippen LogP contribution in [0.2, 0.25) is 0 Å². The third-order valence-electron chi connectivity index (χ3n) is 4.18. The number of amides is 2. The van der Waals surface area contributed by atoms with Gasteiger partial charge in [-0.1, -0.05) is 18.2 Å². The van der Waals surface area contributed by atoms with Crippen LogP contribution < -0.4 is 10.1 Å². The fourth-order valence-electron chi connectivity index (χ4n) is 2.69.